The van der Waals surface area contributed by atoms with Crippen LogP contribution in [0.3, 0.4) is 0 Å². The van der Waals surface area contributed by atoms with Crippen LogP contribution in [0.2, 0.25) is 13.1 Å². The molecule has 0 aliphatic carbocycles. The molecule has 0 aliphatic rings. The van der Waals surface area contributed by atoms with Gasteiger partial charge in [0.15, 0.2) is 9.04 Å². The van der Waals surface area contributed by atoms with Gasteiger partial charge in [0, 0.05) is 0 Å². The van der Waals surface area contributed by atoms with E-state index in [4.69, 9.17) is 4.12 Å². The molecule has 0 heterocycles. The first-order valence-corrected chi connectivity index (χ1v) is 10.2. The predicted molar refractivity (Wildman–Crippen MR) is 84.5 cm³/mol. The minimum Gasteiger partial charge on any atom is -0.508 e. The number of aryl methyl sites for hydroxylation is 1. The molecule has 2 N–H and O–H groups in total. The van der Waals surface area contributed by atoms with E-state index in [9.17, 15) is 10.2 Å². The van der Waals surface area contributed by atoms with E-state index in [1.54, 1.807) is 18.2 Å². The molecule has 0 unspecified atom stereocenters. The summed E-state index contributed by atoms with van der Waals surface area (Å²) in [5, 5.41) is 21.3. The Labute approximate surface area is 122 Å². The molecule has 0 fully saturated rings. The van der Waals surface area contributed by atoms with Crippen molar-refractivity contribution < 1.29 is 14.3 Å². The van der Waals surface area contributed by atoms with Crippen LogP contribution in [0.1, 0.15) is 5.56 Å². The van der Waals surface area contributed by atoms with Gasteiger partial charge in [-0.3, -0.25) is 0 Å². The second kappa shape index (κ2) is 6.26. The summed E-state index contributed by atoms with van der Waals surface area (Å²) in [6.07, 6.45) is 0. The van der Waals surface area contributed by atoms with Crippen LogP contribution in [-0.4, -0.2) is 28.3 Å². The zero-order valence-corrected chi connectivity index (χ0v) is 13.8. The van der Waals surface area contributed by atoms with Gasteiger partial charge in [0.25, 0.3) is 9.04 Å². The Kier molecular flexibility index (Phi) is 4.64. The fourth-order valence-corrected chi connectivity index (χ4v) is 5.86. The molecule has 2 rings (SSSR count). The average Bonchev–Trinajstić information content (AvgIpc) is 2.40. The summed E-state index contributed by atoms with van der Waals surface area (Å²) in [5.74, 6) is 0.565. The van der Waals surface area contributed by atoms with Gasteiger partial charge < -0.3 is 14.3 Å². The number of hydrogen-bond acceptors (Lipinski definition) is 3. The summed E-state index contributed by atoms with van der Waals surface area (Å²) >= 11 is 0. The largest absolute Gasteiger partial charge is 0.508 e. The fourth-order valence-electron chi connectivity index (χ4n) is 1.90. The Balaban J connectivity index is 2.41. The normalized spacial score (nSPS) is 11.2. The molecule has 0 atom stereocenters. The van der Waals surface area contributed by atoms with Crippen molar-refractivity contribution in [3.63, 3.8) is 0 Å². The van der Waals surface area contributed by atoms with Crippen LogP contribution in [-0.2, 0) is 4.12 Å². The lowest BCUT2D eigenvalue weighted by atomic mass is 10.2. The molecular weight excluding hydrogens is 284 g/mol. The summed E-state index contributed by atoms with van der Waals surface area (Å²) in [6.45, 7) is 6.12. The van der Waals surface area contributed by atoms with Crippen LogP contribution in [0.25, 0.3) is 0 Å². The first kappa shape index (κ1) is 14.8. The third-order valence-corrected chi connectivity index (χ3v) is 7.04. The molecule has 0 saturated heterocycles. The lowest BCUT2D eigenvalue weighted by molar-refractivity contribution is 0.471. The maximum atomic E-state index is 9.66. The third kappa shape index (κ3) is 3.50. The Bertz CT molecular complexity index is 582. The van der Waals surface area contributed by atoms with E-state index in [0.717, 1.165) is 15.9 Å². The van der Waals surface area contributed by atoms with Gasteiger partial charge in [0.05, 0.1) is 0 Å². The number of phenolic OH excluding ortho intramolecular Hbond substituents is 2. The van der Waals surface area contributed by atoms with Gasteiger partial charge in [0.2, 0.25) is 0 Å². The van der Waals surface area contributed by atoms with Gasteiger partial charge in [-0.25, -0.2) is 0 Å². The molecule has 0 aromatic heterocycles. The highest BCUT2D eigenvalue weighted by atomic mass is 28.4. The van der Waals surface area contributed by atoms with E-state index in [-0.39, 0.29) is 5.75 Å². The number of phenols is 2. The van der Waals surface area contributed by atoms with Crippen molar-refractivity contribution in [1.29, 1.82) is 0 Å². The van der Waals surface area contributed by atoms with Crippen LogP contribution >= 0.6 is 0 Å². The van der Waals surface area contributed by atoms with E-state index >= 15 is 0 Å². The fraction of sp³-hybridized carbons (Fsp3) is 0.200. The van der Waals surface area contributed by atoms with Crippen molar-refractivity contribution in [3.05, 3.63) is 48.0 Å². The van der Waals surface area contributed by atoms with E-state index in [0.29, 0.717) is 5.75 Å². The summed E-state index contributed by atoms with van der Waals surface area (Å²) in [4.78, 5) is 0. The summed E-state index contributed by atoms with van der Waals surface area (Å²) in [7, 11) is -2.17. The lowest BCUT2D eigenvalue weighted by Gasteiger charge is -2.19. The van der Waals surface area contributed by atoms with E-state index in [2.05, 4.69) is 13.1 Å². The minimum absolute atomic E-state index is 0.260. The third-order valence-electron chi connectivity index (χ3n) is 2.89. The minimum atomic E-state index is -1.33. The second-order valence-corrected chi connectivity index (χ2v) is 9.33. The molecular formula is C15H18O3Si2. The van der Waals surface area contributed by atoms with Gasteiger partial charge in [0.1, 0.15) is 11.5 Å². The van der Waals surface area contributed by atoms with Crippen molar-refractivity contribution in [2.45, 2.75) is 20.0 Å². The molecule has 0 aliphatic heterocycles. The molecule has 2 aromatic rings. The number of benzene rings is 2. The molecule has 0 saturated carbocycles. The molecule has 3 nitrogen and oxygen atoms in total. The van der Waals surface area contributed by atoms with Gasteiger partial charge in [-0.1, -0.05) is 24.3 Å². The van der Waals surface area contributed by atoms with Crippen LogP contribution < -0.4 is 10.4 Å². The van der Waals surface area contributed by atoms with Crippen molar-refractivity contribution >= 4 is 28.5 Å². The quantitative estimate of drug-likeness (QED) is 0.847. The van der Waals surface area contributed by atoms with Crippen molar-refractivity contribution in [2.24, 2.45) is 0 Å². The predicted octanol–water partition coefficient (Wildman–Crippen LogP) is 1.78. The summed E-state index contributed by atoms with van der Waals surface area (Å²) in [5.41, 5.74) is 0.855. The second-order valence-electron chi connectivity index (χ2n) is 4.89. The van der Waals surface area contributed by atoms with E-state index < -0.39 is 18.1 Å². The standard InChI is InChI=1S/C15H18O3Si2/c1-11-10-14(8-9-15(11)17)20(18-19(2)3)13-6-4-12(16)5-7-13/h4-10,16-17H,1-3H3. The maximum Gasteiger partial charge on any atom is 0.272 e. The maximum absolute atomic E-state index is 9.66. The Morgan fingerprint density at radius 2 is 1.50 bits per heavy atom. The number of hydrogen-bond donors (Lipinski definition) is 2. The molecule has 104 valence electrons. The van der Waals surface area contributed by atoms with Crippen LogP contribution in [0.4, 0.5) is 0 Å². The summed E-state index contributed by atoms with van der Waals surface area (Å²) in [6, 6.07) is 12.8. The van der Waals surface area contributed by atoms with Crippen molar-refractivity contribution in [3.8, 4) is 11.5 Å². The first-order chi connectivity index (χ1) is 9.47. The molecule has 5 heteroatoms. The molecule has 0 spiro atoms. The van der Waals surface area contributed by atoms with Gasteiger partial charge in [-0.05, 0) is 54.2 Å². The van der Waals surface area contributed by atoms with Gasteiger partial charge in [-0.2, -0.15) is 0 Å². The SMILES string of the molecule is Cc1cc([Si](O[Si](C)C)c2ccc(O)cc2)ccc1O. The number of rotatable bonds is 4. The highest BCUT2D eigenvalue weighted by Gasteiger charge is 2.21. The van der Waals surface area contributed by atoms with E-state index in [1.165, 1.54) is 0 Å². The van der Waals surface area contributed by atoms with Gasteiger partial charge >= 0.3 is 0 Å². The van der Waals surface area contributed by atoms with E-state index in [1.807, 2.05) is 31.2 Å². The topological polar surface area (TPSA) is 49.7 Å². The molecule has 2 aromatic carbocycles. The van der Waals surface area contributed by atoms with Crippen LogP contribution in [0.5, 0.6) is 11.5 Å². The van der Waals surface area contributed by atoms with Crippen molar-refractivity contribution in [1.82, 2.24) is 0 Å². The Hall–Kier alpha value is -1.57. The monoisotopic (exact) mass is 302 g/mol. The number of aromatic hydroxyl groups is 2. The van der Waals surface area contributed by atoms with Crippen LogP contribution in [0, 0.1) is 6.92 Å². The zero-order valence-electron chi connectivity index (χ0n) is 11.8. The molecule has 2 radical (unpaired) electrons. The lowest BCUT2D eigenvalue weighted by Crippen LogP contribution is -2.47. The Morgan fingerprint density at radius 1 is 0.900 bits per heavy atom. The van der Waals surface area contributed by atoms with Gasteiger partial charge in [-0.15, -0.1) is 0 Å². The van der Waals surface area contributed by atoms with Crippen LogP contribution in [0.15, 0.2) is 42.5 Å². The highest BCUT2D eigenvalue weighted by Crippen LogP contribution is 2.13. The first-order valence-electron chi connectivity index (χ1n) is 6.41. The summed E-state index contributed by atoms with van der Waals surface area (Å²) < 4.78 is 6.20. The molecule has 20 heavy (non-hydrogen) atoms. The van der Waals surface area contributed by atoms with Crippen molar-refractivity contribution in [2.75, 3.05) is 0 Å². The smallest absolute Gasteiger partial charge is 0.272 e. The highest BCUT2D eigenvalue weighted by molar-refractivity contribution is 6.84. The zero-order chi connectivity index (χ0) is 14.7. The average molecular weight is 302 g/mol. The molecule has 0 bridgehead atoms. The molecule has 0 amide bonds. The Morgan fingerprint density at radius 3 is 2.05 bits per heavy atom.